The Labute approximate surface area is 114 Å². The van der Waals surface area contributed by atoms with Crippen LogP contribution in [-0.2, 0) is 0 Å². The smallest absolute Gasteiger partial charge is 0.0250 e. The first-order valence-electron chi connectivity index (χ1n) is 6.92. The monoisotopic (exact) mass is 262 g/mol. The van der Waals surface area contributed by atoms with Gasteiger partial charge in [-0.15, -0.1) is 0 Å². The first-order valence-corrected chi connectivity index (χ1v) is 7.97. The number of likely N-dealkylation sites (tertiary alicyclic amines) is 1. The molecule has 2 N–H and O–H groups in total. The van der Waals surface area contributed by atoms with E-state index in [4.69, 9.17) is 5.73 Å². The maximum atomic E-state index is 6.37. The quantitative estimate of drug-likeness (QED) is 0.887. The second-order valence-electron chi connectivity index (χ2n) is 5.57. The molecule has 0 saturated carbocycles. The van der Waals surface area contributed by atoms with E-state index in [2.05, 4.69) is 53.9 Å². The van der Waals surface area contributed by atoms with Gasteiger partial charge in [0.2, 0.25) is 0 Å². The first-order chi connectivity index (χ1) is 8.75. The van der Waals surface area contributed by atoms with Crippen molar-refractivity contribution in [2.24, 2.45) is 5.73 Å². The summed E-state index contributed by atoms with van der Waals surface area (Å²) in [6.07, 6.45) is 1.33. The molecular formula is C15H22N2S. The van der Waals surface area contributed by atoms with Gasteiger partial charge in [0.1, 0.15) is 0 Å². The SMILES string of the molecule is CC1SCCC1N1CC(N)C(c2ccccc2)C1. The molecule has 4 atom stereocenters. The van der Waals surface area contributed by atoms with E-state index in [9.17, 15) is 0 Å². The molecule has 2 fully saturated rings. The van der Waals surface area contributed by atoms with Gasteiger partial charge in [0.05, 0.1) is 0 Å². The van der Waals surface area contributed by atoms with Crippen LogP contribution in [-0.4, -0.2) is 41.1 Å². The lowest BCUT2D eigenvalue weighted by Crippen LogP contribution is -2.38. The molecule has 0 spiro atoms. The van der Waals surface area contributed by atoms with Crippen molar-refractivity contribution >= 4 is 11.8 Å². The Bertz CT molecular complexity index is 395. The summed E-state index contributed by atoms with van der Waals surface area (Å²) in [5.41, 5.74) is 7.77. The van der Waals surface area contributed by atoms with Gasteiger partial charge >= 0.3 is 0 Å². The van der Waals surface area contributed by atoms with Gasteiger partial charge in [0.15, 0.2) is 0 Å². The van der Waals surface area contributed by atoms with Crippen molar-refractivity contribution in [3.63, 3.8) is 0 Å². The number of nitrogens with zero attached hydrogens (tertiary/aromatic N) is 1. The molecule has 3 rings (SSSR count). The van der Waals surface area contributed by atoms with E-state index in [1.165, 1.54) is 17.7 Å². The molecule has 0 amide bonds. The standard InChI is InChI=1S/C15H22N2S/c1-11-15(7-8-18-11)17-9-13(14(16)10-17)12-5-3-2-4-6-12/h2-6,11,13-15H,7-10,16H2,1H3. The molecule has 2 aliphatic rings. The summed E-state index contributed by atoms with van der Waals surface area (Å²) >= 11 is 2.11. The van der Waals surface area contributed by atoms with Crippen LogP contribution in [0.15, 0.2) is 30.3 Å². The first kappa shape index (κ1) is 12.5. The van der Waals surface area contributed by atoms with Crippen LogP contribution >= 0.6 is 11.8 Å². The number of nitrogens with two attached hydrogens (primary N) is 1. The third kappa shape index (κ3) is 2.31. The van der Waals surface area contributed by atoms with E-state index < -0.39 is 0 Å². The molecule has 2 nitrogen and oxygen atoms in total. The highest BCUT2D eigenvalue weighted by atomic mass is 32.2. The average molecular weight is 262 g/mol. The fraction of sp³-hybridized carbons (Fsp3) is 0.600. The van der Waals surface area contributed by atoms with Crippen molar-refractivity contribution in [1.82, 2.24) is 4.90 Å². The van der Waals surface area contributed by atoms with Crippen LogP contribution in [0.25, 0.3) is 0 Å². The van der Waals surface area contributed by atoms with E-state index in [-0.39, 0.29) is 0 Å². The van der Waals surface area contributed by atoms with Gasteiger partial charge in [0.25, 0.3) is 0 Å². The third-order valence-corrected chi connectivity index (χ3v) is 5.74. The lowest BCUT2D eigenvalue weighted by molar-refractivity contribution is 0.238. The van der Waals surface area contributed by atoms with E-state index in [0.717, 1.165) is 24.4 Å². The van der Waals surface area contributed by atoms with E-state index in [1.54, 1.807) is 0 Å². The molecule has 0 aliphatic carbocycles. The van der Waals surface area contributed by atoms with Crippen LogP contribution in [0, 0.1) is 0 Å². The zero-order valence-electron chi connectivity index (χ0n) is 11.0. The minimum atomic E-state index is 0.296. The molecule has 3 heteroatoms. The molecular weight excluding hydrogens is 240 g/mol. The second kappa shape index (κ2) is 5.24. The van der Waals surface area contributed by atoms with E-state index in [1.807, 2.05) is 0 Å². The van der Waals surface area contributed by atoms with E-state index in [0.29, 0.717) is 12.0 Å². The molecule has 2 saturated heterocycles. The average Bonchev–Trinajstić information content (AvgIpc) is 2.96. The van der Waals surface area contributed by atoms with Gasteiger partial charge in [-0.1, -0.05) is 37.3 Å². The Kier molecular flexibility index (Phi) is 3.64. The highest BCUT2D eigenvalue weighted by Gasteiger charge is 2.38. The van der Waals surface area contributed by atoms with Crippen molar-refractivity contribution in [2.45, 2.75) is 36.6 Å². The van der Waals surface area contributed by atoms with Crippen molar-refractivity contribution in [3.8, 4) is 0 Å². The molecule has 2 heterocycles. The second-order valence-corrected chi connectivity index (χ2v) is 7.05. The maximum absolute atomic E-state index is 6.37. The Balaban J connectivity index is 1.72. The van der Waals surface area contributed by atoms with Crippen molar-refractivity contribution in [1.29, 1.82) is 0 Å². The number of hydrogen-bond acceptors (Lipinski definition) is 3. The molecule has 0 aromatic heterocycles. The van der Waals surface area contributed by atoms with Crippen LogP contribution in [0.3, 0.4) is 0 Å². The highest BCUT2D eigenvalue weighted by molar-refractivity contribution is 8.00. The Morgan fingerprint density at radius 1 is 1.22 bits per heavy atom. The van der Waals surface area contributed by atoms with E-state index >= 15 is 0 Å². The molecule has 0 radical (unpaired) electrons. The predicted molar refractivity (Wildman–Crippen MR) is 79.1 cm³/mol. The molecule has 1 aromatic rings. The number of rotatable bonds is 2. The molecule has 2 aliphatic heterocycles. The molecule has 98 valence electrons. The number of thioether (sulfide) groups is 1. The van der Waals surface area contributed by atoms with Crippen molar-refractivity contribution < 1.29 is 0 Å². The minimum absolute atomic E-state index is 0.296. The van der Waals surface area contributed by atoms with Crippen molar-refractivity contribution in [3.05, 3.63) is 35.9 Å². The third-order valence-electron chi connectivity index (χ3n) is 4.43. The number of benzene rings is 1. The fourth-order valence-corrected chi connectivity index (χ4v) is 4.66. The van der Waals surface area contributed by atoms with Gasteiger partial charge in [-0.05, 0) is 17.7 Å². The summed E-state index contributed by atoms with van der Waals surface area (Å²) in [5.74, 6) is 1.83. The normalized spacial score (nSPS) is 37.2. The largest absolute Gasteiger partial charge is 0.326 e. The summed E-state index contributed by atoms with van der Waals surface area (Å²) in [7, 11) is 0. The molecule has 4 unspecified atom stereocenters. The molecule has 18 heavy (non-hydrogen) atoms. The van der Waals surface area contributed by atoms with Crippen LogP contribution in [0.1, 0.15) is 24.8 Å². The summed E-state index contributed by atoms with van der Waals surface area (Å²) in [6, 6.07) is 11.8. The van der Waals surface area contributed by atoms with Gasteiger partial charge in [0, 0.05) is 36.3 Å². The fourth-order valence-electron chi connectivity index (χ4n) is 3.38. The lowest BCUT2D eigenvalue weighted by atomic mass is 9.95. The van der Waals surface area contributed by atoms with Crippen LogP contribution < -0.4 is 5.73 Å². The van der Waals surface area contributed by atoms with Gasteiger partial charge in [-0.3, -0.25) is 4.90 Å². The topological polar surface area (TPSA) is 29.3 Å². The van der Waals surface area contributed by atoms with Crippen LogP contribution in [0.4, 0.5) is 0 Å². The van der Waals surface area contributed by atoms with Crippen LogP contribution in [0.5, 0.6) is 0 Å². The van der Waals surface area contributed by atoms with Gasteiger partial charge in [-0.2, -0.15) is 11.8 Å². The Morgan fingerprint density at radius 2 is 2.00 bits per heavy atom. The summed E-state index contributed by atoms with van der Waals surface area (Å²) < 4.78 is 0. The summed E-state index contributed by atoms with van der Waals surface area (Å²) in [6.45, 7) is 4.57. The molecule has 1 aromatic carbocycles. The minimum Gasteiger partial charge on any atom is -0.326 e. The van der Waals surface area contributed by atoms with Gasteiger partial charge < -0.3 is 5.73 Å². The van der Waals surface area contributed by atoms with Crippen molar-refractivity contribution in [2.75, 3.05) is 18.8 Å². The zero-order valence-corrected chi connectivity index (χ0v) is 11.8. The summed E-state index contributed by atoms with van der Waals surface area (Å²) in [5, 5.41) is 0.770. The summed E-state index contributed by atoms with van der Waals surface area (Å²) in [4.78, 5) is 2.63. The van der Waals surface area contributed by atoms with Gasteiger partial charge in [-0.25, -0.2) is 0 Å². The molecule has 0 bridgehead atoms. The zero-order chi connectivity index (χ0) is 12.5. The lowest BCUT2D eigenvalue weighted by Gasteiger charge is -2.26. The number of hydrogen-bond donors (Lipinski definition) is 1. The maximum Gasteiger partial charge on any atom is 0.0250 e. The van der Waals surface area contributed by atoms with Crippen LogP contribution in [0.2, 0.25) is 0 Å². The highest BCUT2D eigenvalue weighted by Crippen LogP contribution is 2.35. The predicted octanol–water partition coefficient (Wildman–Crippen LogP) is 2.31. The Morgan fingerprint density at radius 3 is 2.67 bits per heavy atom. The Hall–Kier alpha value is -0.510.